The van der Waals surface area contributed by atoms with Crippen LogP contribution in [0.1, 0.15) is 16.7 Å². The molecule has 0 amide bonds. The first-order chi connectivity index (χ1) is 9.15. The Kier molecular flexibility index (Phi) is 6.56. The van der Waals surface area contributed by atoms with Gasteiger partial charge in [0.1, 0.15) is 0 Å². The Hall–Kier alpha value is -1.51. The number of halogens is 1. The van der Waals surface area contributed by atoms with Gasteiger partial charge in [0, 0.05) is 32.9 Å². The zero-order chi connectivity index (χ0) is 13.7. The van der Waals surface area contributed by atoms with Crippen LogP contribution in [0, 0.1) is 6.92 Å². The summed E-state index contributed by atoms with van der Waals surface area (Å²) >= 11 is 0. The van der Waals surface area contributed by atoms with E-state index in [0.717, 1.165) is 13.1 Å². The Labute approximate surface area is 128 Å². The van der Waals surface area contributed by atoms with Crippen molar-refractivity contribution in [3.8, 4) is 0 Å². The number of benzene rings is 2. The van der Waals surface area contributed by atoms with Gasteiger partial charge in [-0.2, -0.15) is 0 Å². The van der Waals surface area contributed by atoms with E-state index < -0.39 is 0 Å². The second-order valence-corrected chi connectivity index (χ2v) is 5.15. The molecule has 1 N–H and O–H groups in total. The van der Waals surface area contributed by atoms with Crippen molar-refractivity contribution in [1.82, 2.24) is 5.32 Å². The van der Waals surface area contributed by atoms with Gasteiger partial charge in [0.25, 0.3) is 0 Å². The highest BCUT2D eigenvalue weighted by Gasteiger charge is 1.97. The fourth-order valence-electron chi connectivity index (χ4n) is 1.97. The predicted molar refractivity (Wildman–Crippen MR) is 82.5 cm³/mol. The van der Waals surface area contributed by atoms with Gasteiger partial charge in [-0.1, -0.05) is 42.0 Å². The van der Waals surface area contributed by atoms with Gasteiger partial charge in [-0.25, -0.2) is 0 Å². The number of rotatable bonds is 5. The molecule has 0 atom stereocenters. The summed E-state index contributed by atoms with van der Waals surface area (Å²) in [6.07, 6.45) is 0. The fourth-order valence-corrected chi connectivity index (χ4v) is 1.97. The molecule has 2 aromatic carbocycles. The molecule has 0 spiro atoms. The minimum Gasteiger partial charge on any atom is -1.00 e. The van der Waals surface area contributed by atoms with Crippen LogP contribution < -0.4 is 22.6 Å². The molecule has 0 bridgehead atoms. The number of nitrogens with one attached hydrogen (secondary N) is 1. The maximum Gasteiger partial charge on any atom is 0.0361 e. The predicted octanol–water partition coefficient (Wildman–Crippen LogP) is 0.355. The molecular weight excluding hydrogens is 268 g/mol. The van der Waals surface area contributed by atoms with Crippen molar-refractivity contribution in [3.63, 3.8) is 0 Å². The lowest BCUT2D eigenvalue weighted by Gasteiger charge is -2.13. The van der Waals surface area contributed by atoms with Crippen LogP contribution in [0.5, 0.6) is 0 Å². The molecule has 0 aliphatic carbocycles. The van der Waals surface area contributed by atoms with Gasteiger partial charge in [-0.3, -0.25) is 0 Å². The van der Waals surface area contributed by atoms with Crippen LogP contribution in [0.15, 0.2) is 48.5 Å². The molecule has 0 aliphatic heterocycles. The number of aryl methyl sites for hydroxylation is 1. The molecule has 0 aliphatic rings. The lowest BCUT2D eigenvalue weighted by atomic mass is 10.1. The molecular formula is C17H22ClN2-. The minimum absolute atomic E-state index is 0. The van der Waals surface area contributed by atoms with E-state index in [1.807, 2.05) is 0 Å². The molecule has 0 fully saturated rings. The molecule has 0 saturated heterocycles. The van der Waals surface area contributed by atoms with Crippen molar-refractivity contribution in [2.45, 2.75) is 20.0 Å². The Balaban J connectivity index is 0.00000200. The van der Waals surface area contributed by atoms with Crippen LogP contribution in [-0.2, 0) is 13.1 Å². The van der Waals surface area contributed by atoms with Crippen molar-refractivity contribution in [3.05, 3.63) is 65.2 Å². The highest BCUT2D eigenvalue weighted by Crippen LogP contribution is 2.12. The summed E-state index contributed by atoms with van der Waals surface area (Å²) in [5.41, 5.74) is 5.19. The zero-order valence-corrected chi connectivity index (χ0v) is 13.1. The van der Waals surface area contributed by atoms with E-state index in [2.05, 4.69) is 79.8 Å². The highest BCUT2D eigenvalue weighted by molar-refractivity contribution is 5.45. The summed E-state index contributed by atoms with van der Waals surface area (Å²) < 4.78 is 0. The monoisotopic (exact) mass is 289 g/mol. The normalized spacial score (nSPS) is 9.95. The molecule has 2 aromatic rings. The lowest BCUT2D eigenvalue weighted by molar-refractivity contribution is -0.00000405. The second-order valence-electron chi connectivity index (χ2n) is 5.15. The number of hydrogen-bond acceptors (Lipinski definition) is 2. The molecule has 108 valence electrons. The first-order valence-electron chi connectivity index (χ1n) is 6.67. The summed E-state index contributed by atoms with van der Waals surface area (Å²) in [5.74, 6) is 0. The summed E-state index contributed by atoms with van der Waals surface area (Å²) in [7, 11) is 4.12. The van der Waals surface area contributed by atoms with Crippen molar-refractivity contribution >= 4 is 5.69 Å². The van der Waals surface area contributed by atoms with Crippen LogP contribution in [0.3, 0.4) is 0 Å². The van der Waals surface area contributed by atoms with E-state index >= 15 is 0 Å². The molecule has 0 saturated carbocycles. The van der Waals surface area contributed by atoms with Gasteiger partial charge in [0.15, 0.2) is 0 Å². The van der Waals surface area contributed by atoms with E-state index in [1.165, 1.54) is 22.4 Å². The van der Waals surface area contributed by atoms with Gasteiger partial charge in [0.05, 0.1) is 0 Å². The molecule has 0 heterocycles. The van der Waals surface area contributed by atoms with Crippen LogP contribution in [-0.4, -0.2) is 14.1 Å². The molecule has 20 heavy (non-hydrogen) atoms. The van der Waals surface area contributed by atoms with Gasteiger partial charge in [-0.05, 0) is 30.2 Å². The maximum absolute atomic E-state index is 3.47. The third-order valence-electron chi connectivity index (χ3n) is 3.23. The summed E-state index contributed by atoms with van der Waals surface area (Å²) in [5, 5.41) is 3.47. The van der Waals surface area contributed by atoms with E-state index in [0.29, 0.717) is 0 Å². The smallest absolute Gasteiger partial charge is 0.0361 e. The summed E-state index contributed by atoms with van der Waals surface area (Å²) in [6, 6.07) is 17.3. The maximum atomic E-state index is 3.47. The molecule has 2 nitrogen and oxygen atoms in total. The fraction of sp³-hybridized carbons (Fsp3) is 0.294. The van der Waals surface area contributed by atoms with Crippen molar-refractivity contribution < 1.29 is 12.4 Å². The van der Waals surface area contributed by atoms with E-state index in [-0.39, 0.29) is 12.4 Å². The average Bonchev–Trinajstić information content (AvgIpc) is 2.41. The number of hydrogen-bond donors (Lipinski definition) is 1. The Morgan fingerprint density at radius 2 is 1.25 bits per heavy atom. The van der Waals surface area contributed by atoms with Crippen LogP contribution in [0.4, 0.5) is 5.69 Å². The highest BCUT2D eigenvalue weighted by atomic mass is 35.5. The first-order valence-corrected chi connectivity index (χ1v) is 6.67. The van der Waals surface area contributed by atoms with Gasteiger partial charge in [0.2, 0.25) is 0 Å². The van der Waals surface area contributed by atoms with Gasteiger partial charge in [-0.15, -0.1) is 0 Å². The number of anilines is 1. The lowest BCUT2D eigenvalue weighted by Crippen LogP contribution is -3.00. The SMILES string of the molecule is Cc1ccc(CNCc2ccc(N(C)C)cc2)cc1.[Cl-]. The van der Waals surface area contributed by atoms with Crippen molar-refractivity contribution in [1.29, 1.82) is 0 Å². The van der Waals surface area contributed by atoms with Gasteiger partial charge >= 0.3 is 0 Å². The van der Waals surface area contributed by atoms with Crippen LogP contribution >= 0.6 is 0 Å². The third kappa shape index (κ3) is 4.87. The van der Waals surface area contributed by atoms with Crippen LogP contribution in [0.2, 0.25) is 0 Å². The first kappa shape index (κ1) is 16.5. The summed E-state index contributed by atoms with van der Waals surface area (Å²) in [4.78, 5) is 2.11. The zero-order valence-electron chi connectivity index (χ0n) is 12.4. The van der Waals surface area contributed by atoms with E-state index in [4.69, 9.17) is 0 Å². The quantitative estimate of drug-likeness (QED) is 0.855. The second kappa shape index (κ2) is 7.93. The van der Waals surface area contributed by atoms with Crippen molar-refractivity contribution in [2.75, 3.05) is 19.0 Å². The number of nitrogens with zero attached hydrogens (tertiary/aromatic N) is 1. The minimum atomic E-state index is 0. The molecule has 0 radical (unpaired) electrons. The Bertz CT molecular complexity index is 504. The molecule has 0 aromatic heterocycles. The van der Waals surface area contributed by atoms with Crippen molar-refractivity contribution in [2.24, 2.45) is 0 Å². The summed E-state index contributed by atoms with van der Waals surface area (Å²) in [6.45, 7) is 3.93. The third-order valence-corrected chi connectivity index (χ3v) is 3.23. The molecule has 0 unspecified atom stereocenters. The molecule has 3 heteroatoms. The topological polar surface area (TPSA) is 15.3 Å². The standard InChI is InChI=1S/C17H22N2.ClH/c1-14-4-6-15(7-5-14)12-18-13-16-8-10-17(11-9-16)19(2)3;/h4-11,18H,12-13H2,1-3H3;1H/p-1. The molecule has 2 rings (SSSR count). The van der Waals surface area contributed by atoms with Gasteiger partial charge < -0.3 is 22.6 Å². The Morgan fingerprint density at radius 3 is 1.70 bits per heavy atom. The largest absolute Gasteiger partial charge is 1.00 e. The average molecular weight is 290 g/mol. The van der Waals surface area contributed by atoms with E-state index in [1.54, 1.807) is 0 Å². The van der Waals surface area contributed by atoms with Crippen LogP contribution in [0.25, 0.3) is 0 Å². The Morgan fingerprint density at radius 1 is 0.800 bits per heavy atom. The van der Waals surface area contributed by atoms with E-state index in [9.17, 15) is 0 Å².